The maximum Gasteiger partial charge on any atom is 0.310 e. The van der Waals surface area contributed by atoms with Crippen molar-refractivity contribution in [3.8, 4) is 0 Å². The molecule has 1 saturated carbocycles. The molecular formula is C10H18O3. The van der Waals surface area contributed by atoms with Gasteiger partial charge in [-0.1, -0.05) is 13.8 Å². The van der Waals surface area contributed by atoms with Gasteiger partial charge in [-0.3, -0.25) is 4.79 Å². The molecule has 0 bridgehead atoms. The van der Waals surface area contributed by atoms with Crippen LogP contribution in [0.4, 0.5) is 0 Å². The van der Waals surface area contributed by atoms with Crippen LogP contribution >= 0.6 is 0 Å². The predicted octanol–water partition coefficient (Wildman–Crippen LogP) is 1.51. The third kappa shape index (κ3) is 1.70. The van der Waals surface area contributed by atoms with Crippen LogP contribution in [0.3, 0.4) is 0 Å². The van der Waals surface area contributed by atoms with E-state index >= 15 is 0 Å². The van der Waals surface area contributed by atoms with Gasteiger partial charge in [-0.05, 0) is 31.1 Å². The molecule has 0 spiro atoms. The van der Waals surface area contributed by atoms with Crippen molar-refractivity contribution in [3.05, 3.63) is 0 Å². The molecular weight excluding hydrogens is 168 g/mol. The lowest BCUT2D eigenvalue weighted by Gasteiger charge is -2.29. The van der Waals surface area contributed by atoms with Crippen LogP contribution in [-0.2, 0) is 4.79 Å². The molecule has 1 rings (SSSR count). The molecule has 0 heterocycles. The number of carboxylic acids is 1. The summed E-state index contributed by atoms with van der Waals surface area (Å²) < 4.78 is 0. The lowest BCUT2D eigenvalue weighted by Crippen LogP contribution is -2.36. The first-order valence-electron chi connectivity index (χ1n) is 4.87. The average molecular weight is 186 g/mol. The highest BCUT2D eigenvalue weighted by molar-refractivity contribution is 5.75. The van der Waals surface area contributed by atoms with E-state index < -0.39 is 11.4 Å². The largest absolute Gasteiger partial charge is 0.481 e. The highest BCUT2D eigenvalue weighted by Gasteiger charge is 2.47. The molecule has 3 atom stereocenters. The fourth-order valence-electron chi connectivity index (χ4n) is 2.36. The maximum atomic E-state index is 11.2. The summed E-state index contributed by atoms with van der Waals surface area (Å²) in [6.07, 6.45) is 2.39. The molecule has 13 heavy (non-hydrogen) atoms. The van der Waals surface area contributed by atoms with Gasteiger partial charge in [0.25, 0.3) is 0 Å². The molecule has 76 valence electrons. The Hall–Kier alpha value is -0.570. The number of rotatable bonds is 3. The fourth-order valence-corrected chi connectivity index (χ4v) is 2.36. The monoisotopic (exact) mass is 186 g/mol. The van der Waals surface area contributed by atoms with E-state index in [1.165, 1.54) is 0 Å². The second kappa shape index (κ2) is 3.66. The Morgan fingerprint density at radius 3 is 2.62 bits per heavy atom. The Morgan fingerprint density at radius 1 is 1.69 bits per heavy atom. The summed E-state index contributed by atoms with van der Waals surface area (Å²) in [6.45, 7) is 3.87. The van der Waals surface area contributed by atoms with Gasteiger partial charge in [0, 0.05) is 6.61 Å². The van der Waals surface area contributed by atoms with E-state index in [1.54, 1.807) is 0 Å². The minimum Gasteiger partial charge on any atom is -0.481 e. The van der Waals surface area contributed by atoms with Gasteiger partial charge in [-0.25, -0.2) is 0 Å². The van der Waals surface area contributed by atoms with Gasteiger partial charge < -0.3 is 10.2 Å². The topological polar surface area (TPSA) is 57.5 Å². The standard InChI is InChI=1S/C10H18O3/c1-7-3-4-10(5-7,9(12)13)8(2)6-11/h7-8,11H,3-6H2,1-2H3,(H,12,13). The third-order valence-corrected chi connectivity index (χ3v) is 3.44. The van der Waals surface area contributed by atoms with Crippen molar-refractivity contribution in [1.29, 1.82) is 0 Å². The van der Waals surface area contributed by atoms with Crippen LogP contribution in [0.1, 0.15) is 33.1 Å². The first-order valence-corrected chi connectivity index (χ1v) is 4.87. The minimum absolute atomic E-state index is 0.0288. The Balaban J connectivity index is 2.83. The molecule has 1 aliphatic carbocycles. The van der Waals surface area contributed by atoms with Crippen molar-refractivity contribution >= 4 is 5.97 Å². The number of aliphatic carboxylic acids is 1. The summed E-state index contributed by atoms with van der Waals surface area (Å²) in [6, 6.07) is 0. The van der Waals surface area contributed by atoms with E-state index in [0.717, 1.165) is 6.42 Å². The summed E-state index contributed by atoms with van der Waals surface area (Å²) in [4.78, 5) is 11.2. The van der Waals surface area contributed by atoms with Crippen LogP contribution in [-0.4, -0.2) is 22.8 Å². The summed E-state index contributed by atoms with van der Waals surface area (Å²) in [5.41, 5.74) is -0.659. The Labute approximate surface area is 78.8 Å². The van der Waals surface area contributed by atoms with Gasteiger partial charge in [-0.2, -0.15) is 0 Å². The average Bonchev–Trinajstić information content (AvgIpc) is 2.47. The highest BCUT2D eigenvalue weighted by Crippen LogP contribution is 2.47. The van der Waals surface area contributed by atoms with E-state index in [-0.39, 0.29) is 12.5 Å². The van der Waals surface area contributed by atoms with E-state index in [1.807, 2.05) is 6.92 Å². The molecule has 3 nitrogen and oxygen atoms in total. The first-order chi connectivity index (χ1) is 6.03. The van der Waals surface area contributed by atoms with Crippen molar-refractivity contribution in [1.82, 2.24) is 0 Å². The number of aliphatic hydroxyl groups excluding tert-OH is 1. The molecule has 0 amide bonds. The Morgan fingerprint density at radius 2 is 2.31 bits per heavy atom. The second-order valence-electron chi connectivity index (χ2n) is 4.39. The zero-order chi connectivity index (χ0) is 10.1. The first kappa shape index (κ1) is 10.5. The Bertz CT molecular complexity index is 202. The zero-order valence-corrected chi connectivity index (χ0v) is 8.29. The van der Waals surface area contributed by atoms with Crippen LogP contribution in [0.5, 0.6) is 0 Å². The summed E-state index contributed by atoms with van der Waals surface area (Å²) >= 11 is 0. The zero-order valence-electron chi connectivity index (χ0n) is 8.29. The van der Waals surface area contributed by atoms with E-state index in [0.29, 0.717) is 18.8 Å². The van der Waals surface area contributed by atoms with E-state index in [9.17, 15) is 9.90 Å². The number of hydrogen-bond donors (Lipinski definition) is 2. The SMILES string of the molecule is CC1CCC(C(=O)O)(C(C)CO)C1. The van der Waals surface area contributed by atoms with E-state index in [2.05, 4.69) is 6.92 Å². The lowest BCUT2D eigenvalue weighted by atomic mass is 9.74. The van der Waals surface area contributed by atoms with Crippen LogP contribution in [0.2, 0.25) is 0 Å². The van der Waals surface area contributed by atoms with Crippen LogP contribution < -0.4 is 0 Å². The molecule has 0 aromatic carbocycles. The second-order valence-corrected chi connectivity index (χ2v) is 4.39. The summed E-state index contributed by atoms with van der Waals surface area (Å²) in [5.74, 6) is -0.390. The van der Waals surface area contributed by atoms with E-state index in [4.69, 9.17) is 5.11 Å². The van der Waals surface area contributed by atoms with Crippen LogP contribution in [0.15, 0.2) is 0 Å². The van der Waals surface area contributed by atoms with Crippen LogP contribution in [0.25, 0.3) is 0 Å². The van der Waals surface area contributed by atoms with Gasteiger partial charge in [0.05, 0.1) is 5.41 Å². The summed E-state index contributed by atoms with van der Waals surface area (Å²) in [7, 11) is 0. The van der Waals surface area contributed by atoms with Crippen molar-refractivity contribution in [2.24, 2.45) is 17.3 Å². The number of carbonyl (C=O) groups is 1. The van der Waals surface area contributed by atoms with Crippen molar-refractivity contribution < 1.29 is 15.0 Å². The van der Waals surface area contributed by atoms with Gasteiger partial charge >= 0.3 is 5.97 Å². The molecule has 3 heteroatoms. The lowest BCUT2D eigenvalue weighted by molar-refractivity contribution is -0.153. The molecule has 0 saturated heterocycles. The molecule has 1 aliphatic rings. The van der Waals surface area contributed by atoms with Crippen LogP contribution in [0, 0.1) is 17.3 Å². The third-order valence-electron chi connectivity index (χ3n) is 3.44. The molecule has 1 fully saturated rings. The highest BCUT2D eigenvalue weighted by atomic mass is 16.4. The number of carboxylic acid groups (broad SMARTS) is 1. The van der Waals surface area contributed by atoms with Gasteiger partial charge in [0.1, 0.15) is 0 Å². The molecule has 0 aromatic rings. The van der Waals surface area contributed by atoms with Crippen molar-refractivity contribution in [2.45, 2.75) is 33.1 Å². The van der Waals surface area contributed by atoms with Gasteiger partial charge in [0.15, 0.2) is 0 Å². The van der Waals surface area contributed by atoms with Gasteiger partial charge in [-0.15, -0.1) is 0 Å². The number of aliphatic hydroxyl groups is 1. The molecule has 0 aromatic heterocycles. The molecule has 0 aliphatic heterocycles. The molecule has 3 unspecified atom stereocenters. The fraction of sp³-hybridized carbons (Fsp3) is 0.900. The van der Waals surface area contributed by atoms with Crippen molar-refractivity contribution in [3.63, 3.8) is 0 Å². The summed E-state index contributed by atoms with van der Waals surface area (Å²) in [5, 5.41) is 18.2. The predicted molar refractivity (Wildman–Crippen MR) is 49.3 cm³/mol. The maximum absolute atomic E-state index is 11.2. The molecule has 0 radical (unpaired) electrons. The molecule has 2 N–H and O–H groups in total. The quantitative estimate of drug-likeness (QED) is 0.702. The normalized spacial score (nSPS) is 36.1. The minimum atomic E-state index is -0.738. The van der Waals surface area contributed by atoms with Crippen molar-refractivity contribution in [2.75, 3.05) is 6.61 Å². The Kier molecular flexibility index (Phi) is 2.96. The smallest absolute Gasteiger partial charge is 0.310 e. The number of hydrogen-bond acceptors (Lipinski definition) is 2. The van der Waals surface area contributed by atoms with Gasteiger partial charge in [0.2, 0.25) is 0 Å².